The number of nitrogens with one attached hydrogen (secondary N) is 1. The van der Waals surface area contributed by atoms with E-state index in [2.05, 4.69) is 22.4 Å². The molecule has 3 aromatic rings. The smallest absolute Gasteiger partial charge is 0.254 e. The second kappa shape index (κ2) is 11.2. The Kier molecular flexibility index (Phi) is 8.36. The Morgan fingerprint density at radius 1 is 1.12 bits per heavy atom. The SMILES string of the molecule is CCc1ccc(C(=O)N(CCC(=O)Nc2nnc(-c3cccc(Cl)c3)s2)C(C)CC)cc1. The zero-order valence-corrected chi connectivity index (χ0v) is 20.0. The molecule has 0 radical (unpaired) electrons. The molecule has 1 aromatic heterocycles. The van der Waals surface area contributed by atoms with Crippen molar-refractivity contribution in [3.05, 3.63) is 64.7 Å². The van der Waals surface area contributed by atoms with E-state index in [0.717, 1.165) is 18.4 Å². The van der Waals surface area contributed by atoms with Gasteiger partial charge >= 0.3 is 0 Å². The van der Waals surface area contributed by atoms with Crippen LogP contribution in [0.15, 0.2) is 48.5 Å². The number of halogens is 1. The zero-order valence-electron chi connectivity index (χ0n) is 18.5. The van der Waals surface area contributed by atoms with Crippen LogP contribution in [0.2, 0.25) is 5.02 Å². The molecule has 2 aromatic carbocycles. The van der Waals surface area contributed by atoms with Gasteiger partial charge in [-0.15, -0.1) is 10.2 Å². The molecule has 0 aliphatic rings. The molecule has 32 heavy (non-hydrogen) atoms. The van der Waals surface area contributed by atoms with Crippen LogP contribution in [0, 0.1) is 0 Å². The molecule has 0 spiro atoms. The standard InChI is InChI=1S/C24H27ClN4O2S/c1-4-16(3)29(23(31)18-11-9-17(5-2)10-12-18)14-13-21(30)26-24-28-27-22(32-24)19-7-6-8-20(25)15-19/h6-12,15-16H,4-5,13-14H2,1-3H3,(H,26,28,30). The number of amides is 2. The number of nitrogens with zero attached hydrogens (tertiary/aromatic N) is 3. The largest absolute Gasteiger partial charge is 0.335 e. The van der Waals surface area contributed by atoms with E-state index in [9.17, 15) is 9.59 Å². The van der Waals surface area contributed by atoms with E-state index in [0.29, 0.717) is 27.3 Å². The zero-order chi connectivity index (χ0) is 23.1. The summed E-state index contributed by atoms with van der Waals surface area (Å²) in [4.78, 5) is 27.4. The van der Waals surface area contributed by atoms with Crippen LogP contribution < -0.4 is 5.32 Å². The van der Waals surface area contributed by atoms with E-state index in [4.69, 9.17) is 11.6 Å². The summed E-state index contributed by atoms with van der Waals surface area (Å²) in [5.41, 5.74) is 2.67. The van der Waals surface area contributed by atoms with Gasteiger partial charge in [-0.3, -0.25) is 9.59 Å². The lowest BCUT2D eigenvalue weighted by molar-refractivity contribution is -0.116. The predicted octanol–water partition coefficient (Wildman–Crippen LogP) is 5.69. The molecule has 0 bridgehead atoms. The molecule has 0 aliphatic heterocycles. The highest BCUT2D eigenvalue weighted by Gasteiger charge is 2.21. The van der Waals surface area contributed by atoms with Gasteiger partial charge in [-0.2, -0.15) is 0 Å². The number of hydrogen-bond donors (Lipinski definition) is 1. The van der Waals surface area contributed by atoms with E-state index in [1.807, 2.05) is 50.2 Å². The second-order valence-electron chi connectivity index (χ2n) is 7.53. The molecular weight excluding hydrogens is 444 g/mol. The third-order valence-corrected chi connectivity index (χ3v) is 6.44. The maximum atomic E-state index is 13.1. The van der Waals surface area contributed by atoms with E-state index in [-0.39, 0.29) is 24.3 Å². The van der Waals surface area contributed by atoms with Crippen molar-refractivity contribution < 1.29 is 9.59 Å². The predicted molar refractivity (Wildman–Crippen MR) is 130 cm³/mol. The van der Waals surface area contributed by atoms with Gasteiger partial charge in [-0.05, 0) is 49.6 Å². The van der Waals surface area contributed by atoms with Gasteiger partial charge in [0.15, 0.2) is 0 Å². The van der Waals surface area contributed by atoms with E-state index >= 15 is 0 Å². The highest BCUT2D eigenvalue weighted by atomic mass is 35.5. The van der Waals surface area contributed by atoms with Crippen LogP contribution in [0.4, 0.5) is 5.13 Å². The molecule has 1 heterocycles. The van der Waals surface area contributed by atoms with Crippen molar-refractivity contribution in [1.29, 1.82) is 0 Å². The van der Waals surface area contributed by atoms with Gasteiger partial charge in [-0.25, -0.2) is 0 Å². The molecule has 3 rings (SSSR count). The Morgan fingerprint density at radius 3 is 2.53 bits per heavy atom. The van der Waals surface area contributed by atoms with Gasteiger partial charge in [0.1, 0.15) is 5.01 Å². The Labute approximate surface area is 197 Å². The van der Waals surface area contributed by atoms with Crippen molar-refractivity contribution in [2.75, 3.05) is 11.9 Å². The molecule has 8 heteroatoms. The van der Waals surface area contributed by atoms with Crippen molar-refractivity contribution in [3.63, 3.8) is 0 Å². The second-order valence-corrected chi connectivity index (χ2v) is 8.94. The maximum Gasteiger partial charge on any atom is 0.254 e. The van der Waals surface area contributed by atoms with Gasteiger partial charge in [0.05, 0.1) is 0 Å². The Morgan fingerprint density at radius 2 is 1.88 bits per heavy atom. The number of benzene rings is 2. The van der Waals surface area contributed by atoms with Crippen LogP contribution >= 0.6 is 22.9 Å². The lowest BCUT2D eigenvalue weighted by atomic mass is 10.1. The number of carbonyl (C=O) groups is 2. The molecule has 1 atom stereocenters. The Hall–Kier alpha value is -2.77. The first-order valence-electron chi connectivity index (χ1n) is 10.7. The fourth-order valence-corrected chi connectivity index (χ4v) is 4.15. The molecular formula is C24H27ClN4O2S. The molecule has 0 saturated heterocycles. The molecule has 0 fully saturated rings. The van der Waals surface area contributed by atoms with Crippen LogP contribution in [-0.4, -0.2) is 39.5 Å². The summed E-state index contributed by atoms with van der Waals surface area (Å²) in [6, 6.07) is 15.0. The third-order valence-electron chi connectivity index (χ3n) is 5.32. The minimum absolute atomic E-state index is 0.0251. The monoisotopic (exact) mass is 470 g/mol. The number of aromatic nitrogens is 2. The van der Waals surface area contributed by atoms with Crippen LogP contribution in [0.1, 0.15) is 49.5 Å². The summed E-state index contributed by atoms with van der Waals surface area (Å²) < 4.78 is 0. The minimum atomic E-state index is -0.207. The van der Waals surface area contributed by atoms with Crippen LogP contribution in [0.5, 0.6) is 0 Å². The summed E-state index contributed by atoms with van der Waals surface area (Å²) in [5.74, 6) is -0.268. The van der Waals surface area contributed by atoms with E-state index in [1.165, 1.54) is 16.9 Å². The fraction of sp³-hybridized carbons (Fsp3) is 0.333. The highest BCUT2D eigenvalue weighted by molar-refractivity contribution is 7.18. The normalized spacial score (nSPS) is 11.8. The van der Waals surface area contributed by atoms with Crippen LogP contribution in [0.25, 0.3) is 10.6 Å². The first-order chi connectivity index (χ1) is 15.4. The number of hydrogen-bond acceptors (Lipinski definition) is 5. The number of anilines is 1. The summed E-state index contributed by atoms with van der Waals surface area (Å²) in [7, 11) is 0. The fourth-order valence-electron chi connectivity index (χ4n) is 3.21. The summed E-state index contributed by atoms with van der Waals surface area (Å²) in [6.07, 6.45) is 1.91. The molecule has 1 N–H and O–H groups in total. The van der Waals surface area contributed by atoms with E-state index < -0.39 is 0 Å². The summed E-state index contributed by atoms with van der Waals surface area (Å²) in [5, 5.41) is 12.7. The first-order valence-corrected chi connectivity index (χ1v) is 11.9. The van der Waals surface area contributed by atoms with Crippen molar-refractivity contribution in [2.24, 2.45) is 0 Å². The van der Waals surface area contributed by atoms with Crippen molar-refractivity contribution >= 4 is 39.9 Å². The minimum Gasteiger partial charge on any atom is -0.335 e. The summed E-state index contributed by atoms with van der Waals surface area (Å²) in [6.45, 7) is 6.44. The number of rotatable bonds is 9. The van der Waals surface area contributed by atoms with Crippen molar-refractivity contribution in [1.82, 2.24) is 15.1 Å². The third kappa shape index (κ3) is 6.14. The van der Waals surface area contributed by atoms with Gasteiger partial charge in [0.2, 0.25) is 11.0 Å². The lowest BCUT2D eigenvalue weighted by Gasteiger charge is -2.28. The molecule has 2 amide bonds. The Bertz CT molecular complexity index is 1070. The number of carbonyl (C=O) groups excluding carboxylic acids is 2. The molecule has 168 valence electrons. The molecule has 6 nitrogen and oxygen atoms in total. The maximum absolute atomic E-state index is 13.1. The van der Waals surface area contributed by atoms with Crippen molar-refractivity contribution in [3.8, 4) is 10.6 Å². The molecule has 1 unspecified atom stereocenters. The van der Waals surface area contributed by atoms with Crippen LogP contribution in [0.3, 0.4) is 0 Å². The van der Waals surface area contributed by atoms with Crippen LogP contribution in [-0.2, 0) is 11.2 Å². The topological polar surface area (TPSA) is 75.2 Å². The average molecular weight is 471 g/mol. The average Bonchev–Trinajstić information content (AvgIpc) is 3.27. The first kappa shape index (κ1) is 23.9. The Balaban J connectivity index is 1.62. The van der Waals surface area contributed by atoms with E-state index in [1.54, 1.807) is 17.0 Å². The molecule has 0 aliphatic carbocycles. The highest BCUT2D eigenvalue weighted by Crippen LogP contribution is 2.28. The summed E-state index contributed by atoms with van der Waals surface area (Å²) >= 11 is 7.31. The number of aryl methyl sites for hydroxylation is 1. The van der Waals surface area contributed by atoms with Gasteiger partial charge in [-0.1, -0.05) is 61.1 Å². The van der Waals surface area contributed by atoms with Gasteiger partial charge in [0, 0.05) is 35.2 Å². The van der Waals surface area contributed by atoms with Gasteiger partial charge in [0.25, 0.3) is 5.91 Å². The van der Waals surface area contributed by atoms with Gasteiger partial charge < -0.3 is 10.2 Å². The lowest BCUT2D eigenvalue weighted by Crippen LogP contribution is -2.40. The quantitative estimate of drug-likeness (QED) is 0.435. The molecule has 0 saturated carbocycles. The van der Waals surface area contributed by atoms with Crippen molar-refractivity contribution in [2.45, 2.75) is 46.1 Å².